The zero-order valence-electron chi connectivity index (χ0n) is 27.4. The highest BCUT2D eigenvalue weighted by atomic mass is 16.8. The van der Waals surface area contributed by atoms with Gasteiger partial charge >= 0.3 is 24.4 Å². The number of esters is 1. The van der Waals surface area contributed by atoms with E-state index in [1.807, 2.05) is 34.6 Å². The molecule has 0 aromatic heterocycles. The van der Waals surface area contributed by atoms with Gasteiger partial charge in [-0.05, 0) is 84.4 Å². The topological polar surface area (TPSA) is 159 Å². The largest absolute Gasteiger partial charge is 0.514 e. The van der Waals surface area contributed by atoms with Crippen molar-refractivity contribution in [2.75, 3.05) is 0 Å². The van der Waals surface area contributed by atoms with Gasteiger partial charge in [0.15, 0.2) is 11.5 Å². The lowest BCUT2D eigenvalue weighted by Crippen LogP contribution is -2.55. The van der Waals surface area contributed by atoms with E-state index in [1.54, 1.807) is 41.5 Å². The van der Waals surface area contributed by atoms with E-state index >= 15 is 0 Å². The van der Waals surface area contributed by atoms with Crippen LogP contribution in [0.25, 0.3) is 0 Å². The van der Waals surface area contributed by atoms with Crippen molar-refractivity contribution in [2.24, 2.45) is 11.7 Å². The first-order valence-electron chi connectivity index (χ1n) is 14.6. The molecule has 1 aromatic rings. The molecule has 0 fully saturated rings. The summed E-state index contributed by atoms with van der Waals surface area (Å²) in [5, 5.41) is 0. The molecular formula is C31H49NO11. The number of ether oxygens (including phenoxy) is 7. The Labute approximate surface area is 254 Å². The number of rotatable bonds is 14. The van der Waals surface area contributed by atoms with Crippen LogP contribution in [0.3, 0.4) is 0 Å². The van der Waals surface area contributed by atoms with E-state index < -0.39 is 60.0 Å². The van der Waals surface area contributed by atoms with Crippen LogP contribution in [0.2, 0.25) is 0 Å². The second kappa shape index (κ2) is 15.8. The van der Waals surface area contributed by atoms with Crippen molar-refractivity contribution in [3.63, 3.8) is 0 Å². The summed E-state index contributed by atoms with van der Waals surface area (Å²) in [6.45, 7) is 19.4. The first-order valence-corrected chi connectivity index (χ1v) is 14.6. The van der Waals surface area contributed by atoms with Crippen molar-refractivity contribution in [1.29, 1.82) is 0 Å². The lowest BCUT2D eigenvalue weighted by Gasteiger charge is -2.29. The number of carbonyl (C=O) groups is 4. The Hall–Kier alpha value is -3.54. The van der Waals surface area contributed by atoms with E-state index in [0.717, 1.165) is 0 Å². The minimum atomic E-state index is -2.31. The molecule has 2 N–H and O–H groups in total. The molecule has 3 atom stereocenters. The molecule has 0 heterocycles. The summed E-state index contributed by atoms with van der Waals surface area (Å²) in [6.07, 6.45) is -3.19. The van der Waals surface area contributed by atoms with E-state index in [2.05, 4.69) is 0 Å². The molecule has 0 saturated heterocycles. The fourth-order valence-electron chi connectivity index (χ4n) is 2.92. The Morgan fingerprint density at radius 1 is 0.744 bits per heavy atom. The minimum Gasteiger partial charge on any atom is -0.459 e. The van der Waals surface area contributed by atoms with Gasteiger partial charge in [0.05, 0.1) is 6.10 Å². The number of benzene rings is 1. The molecule has 0 saturated carbocycles. The minimum absolute atomic E-state index is 0.0222. The first kappa shape index (κ1) is 37.5. The lowest BCUT2D eigenvalue weighted by molar-refractivity contribution is -0.173. The summed E-state index contributed by atoms with van der Waals surface area (Å²) in [6, 6.07) is 4.07. The Bertz CT molecular complexity index is 1110. The summed E-state index contributed by atoms with van der Waals surface area (Å²) < 4.78 is 37.5. The summed E-state index contributed by atoms with van der Waals surface area (Å²) in [7, 11) is 0. The molecule has 43 heavy (non-hydrogen) atoms. The molecule has 0 spiro atoms. The van der Waals surface area contributed by atoms with Crippen LogP contribution < -0.4 is 15.2 Å². The number of nitrogens with two attached hydrogens (primary N) is 1. The standard InChI is InChI=1S/C31H49NO11/c1-12-20(6)37-25(33)31(32,43-26(34)38-21(7)19(4)5)18-22-15-16-23(39-27(35)41-29(8,9)13-2)24(17-22)40-28(36)42-30(10,11)14-3/h15-17,19-21H,12-14,18,32H2,1-11H3/t20?,21?,31-/m0/s1. The highest BCUT2D eigenvalue weighted by Crippen LogP contribution is 2.32. The second-order valence-electron chi connectivity index (χ2n) is 12.0. The third-order valence-electron chi connectivity index (χ3n) is 7.00. The first-order chi connectivity index (χ1) is 19.8. The number of hydrogen-bond acceptors (Lipinski definition) is 12. The van der Waals surface area contributed by atoms with Gasteiger partial charge in [-0.1, -0.05) is 40.7 Å². The van der Waals surface area contributed by atoms with Gasteiger partial charge < -0.3 is 33.2 Å². The van der Waals surface area contributed by atoms with Crippen molar-refractivity contribution in [3.05, 3.63) is 23.8 Å². The fourth-order valence-corrected chi connectivity index (χ4v) is 2.92. The molecule has 0 bridgehead atoms. The van der Waals surface area contributed by atoms with E-state index in [9.17, 15) is 19.2 Å². The van der Waals surface area contributed by atoms with Crippen molar-refractivity contribution in [1.82, 2.24) is 0 Å². The van der Waals surface area contributed by atoms with Crippen LogP contribution in [0.1, 0.15) is 101 Å². The SMILES string of the molecule is CCC(C)OC(=O)[C@](N)(Cc1ccc(OC(=O)OC(C)(C)CC)c(OC(=O)OC(C)(C)CC)c1)OC(=O)OC(C)C(C)C. The molecular weight excluding hydrogens is 562 g/mol. The molecule has 0 amide bonds. The summed E-state index contributed by atoms with van der Waals surface area (Å²) >= 11 is 0. The van der Waals surface area contributed by atoms with E-state index in [4.69, 9.17) is 38.9 Å². The molecule has 1 rings (SSSR count). The highest BCUT2D eigenvalue weighted by molar-refractivity contribution is 5.82. The van der Waals surface area contributed by atoms with Gasteiger partial charge in [0.25, 0.3) is 5.72 Å². The van der Waals surface area contributed by atoms with Crippen LogP contribution >= 0.6 is 0 Å². The molecule has 12 nitrogen and oxygen atoms in total. The van der Waals surface area contributed by atoms with Gasteiger partial charge in [-0.15, -0.1) is 0 Å². The van der Waals surface area contributed by atoms with Gasteiger partial charge in [0, 0.05) is 6.42 Å². The summed E-state index contributed by atoms with van der Waals surface area (Å²) in [5.41, 5.74) is 2.65. The van der Waals surface area contributed by atoms with Gasteiger partial charge in [-0.3, -0.25) is 5.73 Å². The van der Waals surface area contributed by atoms with Gasteiger partial charge in [0.2, 0.25) is 0 Å². The highest BCUT2D eigenvalue weighted by Gasteiger charge is 2.42. The molecule has 0 aliphatic heterocycles. The van der Waals surface area contributed by atoms with E-state index in [1.165, 1.54) is 18.2 Å². The Balaban J connectivity index is 3.46. The van der Waals surface area contributed by atoms with Crippen LogP contribution in [0, 0.1) is 5.92 Å². The molecule has 0 aliphatic rings. The van der Waals surface area contributed by atoms with Gasteiger partial charge in [-0.25, -0.2) is 19.2 Å². The average molecular weight is 612 g/mol. The summed E-state index contributed by atoms with van der Waals surface area (Å²) in [5.74, 6) is -1.42. The Morgan fingerprint density at radius 2 is 1.26 bits per heavy atom. The Kier molecular flexibility index (Phi) is 13.8. The molecule has 244 valence electrons. The maximum Gasteiger partial charge on any atom is 0.514 e. The third-order valence-corrected chi connectivity index (χ3v) is 7.00. The zero-order chi connectivity index (χ0) is 33.2. The third kappa shape index (κ3) is 12.7. The molecule has 1 aromatic carbocycles. The van der Waals surface area contributed by atoms with Crippen LogP contribution in [0.5, 0.6) is 11.5 Å². The van der Waals surface area contributed by atoms with Crippen LogP contribution in [-0.4, -0.2) is 53.6 Å². The summed E-state index contributed by atoms with van der Waals surface area (Å²) in [4.78, 5) is 51.0. The van der Waals surface area contributed by atoms with Crippen LogP contribution in [0.4, 0.5) is 14.4 Å². The molecule has 12 heteroatoms. The normalized spacial score (nSPS) is 14.5. The smallest absolute Gasteiger partial charge is 0.459 e. The average Bonchev–Trinajstić information content (AvgIpc) is 2.89. The number of carbonyl (C=O) groups excluding carboxylic acids is 4. The maximum absolute atomic E-state index is 13.1. The quantitative estimate of drug-likeness (QED) is 0.101. The molecule has 2 unspecified atom stereocenters. The van der Waals surface area contributed by atoms with Crippen LogP contribution in [0.15, 0.2) is 18.2 Å². The van der Waals surface area contributed by atoms with Crippen molar-refractivity contribution in [2.45, 2.75) is 131 Å². The van der Waals surface area contributed by atoms with Crippen molar-refractivity contribution in [3.8, 4) is 11.5 Å². The second-order valence-corrected chi connectivity index (χ2v) is 12.0. The lowest BCUT2D eigenvalue weighted by atomic mass is 10.0. The van der Waals surface area contributed by atoms with Gasteiger partial charge in [-0.2, -0.15) is 0 Å². The van der Waals surface area contributed by atoms with Crippen molar-refractivity contribution < 1.29 is 52.3 Å². The zero-order valence-corrected chi connectivity index (χ0v) is 27.4. The molecule has 0 aliphatic carbocycles. The maximum atomic E-state index is 13.1. The predicted molar refractivity (Wildman–Crippen MR) is 158 cm³/mol. The van der Waals surface area contributed by atoms with Crippen molar-refractivity contribution >= 4 is 24.4 Å². The molecule has 0 radical (unpaired) electrons. The fraction of sp³-hybridized carbons (Fsp3) is 0.677. The van der Waals surface area contributed by atoms with E-state index in [0.29, 0.717) is 19.3 Å². The van der Waals surface area contributed by atoms with E-state index in [-0.39, 0.29) is 23.0 Å². The van der Waals surface area contributed by atoms with Crippen LogP contribution in [-0.2, 0) is 34.9 Å². The van der Waals surface area contributed by atoms with Gasteiger partial charge in [0.1, 0.15) is 17.3 Å². The monoisotopic (exact) mass is 611 g/mol. The predicted octanol–water partition coefficient (Wildman–Crippen LogP) is 6.83. The Morgan fingerprint density at radius 3 is 1.72 bits per heavy atom. The number of hydrogen-bond donors (Lipinski definition) is 1.